The lowest BCUT2D eigenvalue weighted by Crippen LogP contribution is -2.54. The molecule has 9 nitrogen and oxygen atoms in total. The van der Waals surface area contributed by atoms with Crippen molar-refractivity contribution in [1.29, 1.82) is 0 Å². The molecule has 0 radical (unpaired) electrons. The number of aromatic nitrogens is 6. The van der Waals surface area contributed by atoms with Gasteiger partial charge in [-0.25, -0.2) is 14.4 Å². The maximum atomic E-state index is 13.4. The van der Waals surface area contributed by atoms with Crippen molar-refractivity contribution in [2.24, 2.45) is 0 Å². The first-order chi connectivity index (χ1) is 15.6. The van der Waals surface area contributed by atoms with Gasteiger partial charge in [-0.3, -0.25) is 9.67 Å². The van der Waals surface area contributed by atoms with E-state index in [-0.39, 0.29) is 17.9 Å². The number of carbonyl (C=O) groups is 1. The highest BCUT2D eigenvalue weighted by molar-refractivity contribution is 5.82. The van der Waals surface area contributed by atoms with E-state index in [1.165, 1.54) is 12.1 Å². The molecule has 0 saturated heterocycles. The standard InChI is InChI=1S/C22H21FN8O/c1-3-16-18(13-32)29(2)17-12-25-22(27-21(17)31(16)19-8-9-26-28-19)30-11-10-24-20(30)14-4-6-15(23)7-5-14/h4-13,16,18H,3H2,1-2H3,(H,26,28). The van der Waals surface area contributed by atoms with E-state index in [1.807, 2.05) is 29.8 Å². The molecule has 1 aliphatic heterocycles. The van der Waals surface area contributed by atoms with E-state index in [4.69, 9.17) is 4.98 Å². The Balaban J connectivity index is 1.66. The molecular weight excluding hydrogens is 411 g/mol. The Kier molecular flexibility index (Phi) is 4.89. The number of nitrogens with one attached hydrogen (secondary N) is 1. The van der Waals surface area contributed by atoms with E-state index in [9.17, 15) is 9.18 Å². The Hall–Kier alpha value is -4.08. The molecule has 4 heterocycles. The average Bonchev–Trinajstić information content (AvgIpc) is 3.51. The third-order valence-electron chi connectivity index (χ3n) is 5.78. The van der Waals surface area contributed by atoms with Gasteiger partial charge in [0.15, 0.2) is 5.82 Å². The van der Waals surface area contributed by atoms with E-state index in [0.717, 1.165) is 29.8 Å². The molecule has 0 saturated carbocycles. The number of hydrogen-bond donors (Lipinski definition) is 1. The number of hydrogen-bond acceptors (Lipinski definition) is 7. The quantitative estimate of drug-likeness (QED) is 0.484. The first-order valence-electron chi connectivity index (χ1n) is 10.3. The lowest BCUT2D eigenvalue weighted by atomic mass is 9.99. The zero-order valence-electron chi connectivity index (χ0n) is 17.6. The molecule has 0 fully saturated rings. The van der Waals surface area contributed by atoms with E-state index in [1.54, 1.807) is 41.5 Å². The SMILES string of the molecule is CCC1C(C=O)N(C)c2cnc(-n3ccnc3-c3ccc(F)cc3)nc2N1c1ccn[nH]1. The summed E-state index contributed by atoms with van der Waals surface area (Å²) in [4.78, 5) is 29.7. The minimum absolute atomic E-state index is 0.146. The van der Waals surface area contributed by atoms with E-state index >= 15 is 0 Å². The fourth-order valence-electron chi connectivity index (χ4n) is 4.19. The van der Waals surface area contributed by atoms with Crippen LogP contribution in [0.5, 0.6) is 0 Å². The Labute approximate surface area is 183 Å². The largest absolute Gasteiger partial charge is 0.359 e. The molecule has 0 bridgehead atoms. The van der Waals surface area contributed by atoms with Crippen molar-refractivity contribution < 1.29 is 9.18 Å². The van der Waals surface area contributed by atoms with Crippen molar-refractivity contribution in [2.75, 3.05) is 16.8 Å². The first-order valence-corrected chi connectivity index (χ1v) is 10.3. The van der Waals surface area contributed by atoms with Gasteiger partial charge in [-0.15, -0.1) is 0 Å². The van der Waals surface area contributed by atoms with Gasteiger partial charge in [0, 0.05) is 31.1 Å². The lowest BCUT2D eigenvalue weighted by Gasteiger charge is -2.44. The van der Waals surface area contributed by atoms with Crippen LogP contribution >= 0.6 is 0 Å². The van der Waals surface area contributed by atoms with Crippen molar-refractivity contribution in [2.45, 2.75) is 25.4 Å². The Morgan fingerprint density at radius 2 is 1.97 bits per heavy atom. The molecular formula is C22H21FN8O. The van der Waals surface area contributed by atoms with Crippen molar-refractivity contribution in [3.8, 4) is 17.3 Å². The van der Waals surface area contributed by atoms with Crippen LogP contribution in [0.4, 0.5) is 21.7 Å². The molecule has 1 aliphatic rings. The van der Waals surface area contributed by atoms with E-state index in [0.29, 0.717) is 17.6 Å². The number of likely N-dealkylation sites (N-methyl/N-ethyl adjacent to an activating group) is 1. The third kappa shape index (κ3) is 3.11. The van der Waals surface area contributed by atoms with Crippen molar-refractivity contribution in [3.05, 3.63) is 60.9 Å². The van der Waals surface area contributed by atoms with Crippen LogP contribution in [0.25, 0.3) is 17.3 Å². The lowest BCUT2D eigenvalue weighted by molar-refractivity contribution is -0.109. The molecule has 2 atom stereocenters. The zero-order chi connectivity index (χ0) is 22.2. The van der Waals surface area contributed by atoms with Gasteiger partial charge in [0.25, 0.3) is 0 Å². The minimum Gasteiger partial charge on any atom is -0.359 e. The number of imidazole rings is 1. The van der Waals surface area contributed by atoms with Crippen LogP contribution in [-0.4, -0.2) is 55.1 Å². The fraction of sp³-hybridized carbons (Fsp3) is 0.227. The molecule has 162 valence electrons. The monoisotopic (exact) mass is 432 g/mol. The van der Waals surface area contributed by atoms with Crippen molar-refractivity contribution in [1.82, 2.24) is 29.7 Å². The summed E-state index contributed by atoms with van der Waals surface area (Å²) in [6.45, 7) is 2.04. The number of nitrogens with zero attached hydrogens (tertiary/aromatic N) is 7. The Bertz CT molecular complexity index is 1240. The van der Waals surface area contributed by atoms with Crippen LogP contribution in [0, 0.1) is 5.82 Å². The number of rotatable bonds is 5. The van der Waals surface area contributed by atoms with Gasteiger partial charge in [0.2, 0.25) is 5.95 Å². The predicted octanol–water partition coefficient (Wildman–Crippen LogP) is 3.13. The van der Waals surface area contributed by atoms with Crippen LogP contribution in [0.2, 0.25) is 0 Å². The highest BCUT2D eigenvalue weighted by Crippen LogP contribution is 2.40. The average molecular weight is 432 g/mol. The molecule has 0 spiro atoms. The number of H-pyrrole nitrogens is 1. The highest BCUT2D eigenvalue weighted by Gasteiger charge is 2.39. The van der Waals surface area contributed by atoms with Gasteiger partial charge < -0.3 is 14.6 Å². The zero-order valence-corrected chi connectivity index (χ0v) is 17.6. The normalized spacial score (nSPS) is 18.0. The van der Waals surface area contributed by atoms with Crippen molar-refractivity contribution >= 4 is 23.6 Å². The summed E-state index contributed by atoms with van der Waals surface area (Å²) in [6.07, 6.45) is 8.46. The van der Waals surface area contributed by atoms with Gasteiger partial charge in [0.1, 0.15) is 29.8 Å². The molecule has 4 aromatic rings. The predicted molar refractivity (Wildman–Crippen MR) is 118 cm³/mol. The second kappa shape index (κ2) is 7.88. The third-order valence-corrected chi connectivity index (χ3v) is 5.78. The Morgan fingerprint density at radius 3 is 2.66 bits per heavy atom. The molecule has 32 heavy (non-hydrogen) atoms. The van der Waals surface area contributed by atoms with Crippen LogP contribution in [0.3, 0.4) is 0 Å². The van der Waals surface area contributed by atoms with Gasteiger partial charge in [0.05, 0.1) is 24.1 Å². The molecule has 3 aromatic heterocycles. The summed E-state index contributed by atoms with van der Waals surface area (Å²) in [6, 6.07) is 7.45. The summed E-state index contributed by atoms with van der Waals surface area (Å²) in [7, 11) is 1.87. The second-order valence-corrected chi connectivity index (χ2v) is 7.53. The van der Waals surface area contributed by atoms with E-state index in [2.05, 4.69) is 20.2 Å². The maximum absolute atomic E-state index is 13.4. The van der Waals surface area contributed by atoms with Crippen molar-refractivity contribution in [3.63, 3.8) is 0 Å². The number of aldehydes is 1. The summed E-state index contributed by atoms with van der Waals surface area (Å²) < 4.78 is 15.1. The number of carbonyl (C=O) groups excluding carboxylic acids is 1. The highest BCUT2D eigenvalue weighted by atomic mass is 19.1. The maximum Gasteiger partial charge on any atom is 0.237 e. The van der Waals surface area contributed by atoms with Gasteiger partial charge in [-0.1, -0.05) is 6.92 Å². The Morgan fingerprint density at radius 1 is 1.16 bits per heavy atom. The fourth-order valence-corrected chi connectivity index (χ4v) is 4.19. The van der Waals surface area contributed by atoms with Gasteiger partial charge in [-0.05, 0) is 30.7 Å². The summed E-state index contributed by atoms with van der Waals surface area (Å²) >= 11 is 0. The number of halogens is 1. The van der Waals surface area contributed by atoms with Crippen LogP contribution in [-0.2, 0) is 4.79 Å². The van der Waals surface area contributed by atoms with Crippen LogP contribution < -0.4 is 9.80 Å². The smallest absolute Gasteiger partial charge is 0.237 e. The van der Waals surface area contributed by atoms with E-state index < -0.39 is 0 Å². The number of fused-ring (bicyclic) bond motifs is 1. The summed E-state index contributed by atoms with van der Waals surface area (Å²) in [5.41, 5.74) is 1.47. The summed E-state index contributed by atoms with van der Waals surface area (Å²) in [5, 5.41) is 7.08. The number of benzene rings is 1. The van der Waals surface area contributed by atoms with Gasteiger partial charge in [-0.2, -0.15) is 10.1 Å². The second-order valence-electron chi connectivity index (χ2n) is 7.53. The van der Waals surface area contributed by atoms with Crippen LogP contribution in [0.15, 0.2) is 55.1 Å². The molecule has 5 rings (SSSR count). The number of anilines is 3. The summed E-state index contributed by atoms with van der Waals surface area (Å²) in [5.74, 6) is 2.10. The minimum atomic E-state index is -0.367. The molecule has 0 aliphatic carbocycles. The van der Waals surface area contributed by atoms with Gasteiger partial charge >= 0.3 is 0 Å². The number of aromatic amines is 1. The molecule has 10 heteroatoms. The molecule has 0 amide bonds. The first kappa shape index (κ1) is 19.9. The molecule has 1 aromatic carbocycles. The topological polar surface area (TPSA) is 95.8 Å². The molecule has 1 N–H and O–H groups in total. The molecule has 2 unspecified atom stereocenters. The van der Waals surface area contributed by atoms with Crippen LogP contribution in [0.1, 0.15) is 13.3 Å².